The second-order valence-electron chi connectivity index (χ2n) is 5.53. The quantitative estimate of drug-likeness (QED) is 0.733. The Morgan fingerprint density at radius 1 is 1.08 bits per heavy atom. The number of sulfonamides is 1. The van der Waals surface area contributed by atoms with E-state index in [1.807, 2.05) is 42.1 Å². The third kappa shape index (κ3) is 5.12. The van der Waals surface area contributed by atoms with E-state index in [-0.39, 0.29) is 10.8 Å². The van der Waals surface area contributed by atoms with E-state index in [0.717, 1.165) is 12.0 Å². The molecule has 6 nitrogen and oxygen atoms in total. The number of hydrogen-bond donors (Lipinski definition) is 1. The summed E-state index contributed by atoms with van der Waals surface area (Å²) in [7, 11) is -2.51. The van der Waals surface area contributed by atoms with Crippen LogP contribution in [-0.2, 0) is 21.4 Å². The van der Waals surface area contributed by atoms with Gasteiger partial charge in [-0.15, -0.1) is 0 Å². The average Bonchev–Trinajstić information content (AvgIpc) is 2.62. The van der Waals surface area contributed by atoms with Gasteiger partial charge in [0.15, 0.2) is 0 Å². The fourth-order valence-electron chi connectivity index (χ4n) is 2.44. The topological polar surface area (TPSA) is 75.7 Å². The molecule has 1 amide bonds. The summed E-state index contributed by atoms with van der Waals surface area (Å²) in [5.41, 5.74) is 1.49. The Morgan fingerprint density at radius 2 is 1.72 bits per heavy atom. The fraction of sp³-hybridized carbons (Fsp3) is 0.278. The summed E-state index contributed by atoms with van der Waals surface area (Å²) in [4.78, 5) is 21.0. The van der Waals surface area contributed by atoms with E-state index in [2.05, 4.69) is 4.84 Å². The molecule has 0 saturated carbocycles. The molecule has 2 aromatic carbocycles. The molecule has 0 aliphatic heterocycles. The Kier molecular flexibility index (Phi) is 6.69. The first kappa shape index (κ1) is 19.1. The Morgan fingerprint density at radius 3 is 2.28 bits per heavy atom. The van der Waals surface area contributed by atoms with Crippen LogP contribution in [0.15, 0.2) is 59.5 Å². The van der Waals surface area contributed by atoms with Crippen LogP contribution >= 0.6 is 0 Å². The van der Waals surface area contributed by atoms with E-state index in [4.69, 9.17) is 0 Å². The maximum absolute atomic E-state index is 12.8. The molecule has 0 bridgehead atoms. The van der Waals surface area contributed by atoms with Gasteiger partial charge >= 0.3 is 0 Å². The molecule has 2 aromatic rings. The number of carbonyl (C=O) groups is 1. The lowest BCUT2D eigenvalue weighted by atomic mass is 10.1. The molecule has 7 heteroatoms. The van der Waals surface area contributed by atoms with Crippen molar-refractivity contribution in [2.75, 3.05) is 13.7 Å². The minimum absolute atomic E-state index is 0.0380. The van der Waals surface area contributed by atoms with Crippen LogP contribution in [0.4, 0.5) is 0 Å². The molecule has 25 heavy (non-hydrogen) atoms. The third-order valence-corrected chi connectivity index (χ3v) is 4.88. The molecule has 0 aliphatic carbocycles. The monoisotopic (exact) mass is 362 g/mol. The van der Waals surface area contributed by atoms with Gasteiger partial charge in [0.25, 0.3) is 15.9 Å². The minimum atomic E-state index is -3.73. The van der Waals surface area contributed by atoms with Crippen LogP contribution < -0.4 is 4.89 Å². The van der Waals surface area contributed by atoms with Gasteiger partial charge in [-0.2, -0.15) is 0 Å². The van der Waals surface area contributed by atoms with Crippen molar-refractivity contribution in [1.29, 1.82) is 0 Å². The molecule has 0 spiro atoms. The van der Waals surface area contributed by atoms with Gasteiger partial charge in [0.1, 0.15) is 0 Å². The van der Waals surface area contributed by atoms with E-state index in [1.165, 1.54) is 31.4 Å². The van der Waals surface area contributed by atoms with Crippen LogP contribution in [-0.4, -0.2) is 32.9 Å². The Hall–Kier alpha value is -2.22. The smallest absolute Gasteiger partial charge is 0.262 e. The summed E-state index contributed by atoms with van der Waals surface area (Å²) in [6.45, 7) is 3.15. The largest absolute Gasteiger partial charge is 0.334 e. The number of carbonyl (C=O) groups excluding carboxylic acids is 1. The molecule has 0 fully saturated rings. The Balaban J connectivity index is 2.19. The van der Waals surface area contributed by atoms with E-state index in [1.54, 1.807) is 4.90 Å². The van der Waals surface area contributed by atoms with Gasteiger partial charge in [0.05, 0.1) is 12.0 Å². The Labute approximate surface area is 148 Å². The SMILES string of the molecule is CCCN(Cc1ccccc1)C(=O)c1ccc(S(=O)(=O)NOC)cc1. The predicted molar refractivity (Wildman–Crippen MR) is 95.2 cm³/mol. The van der Waals surface area contributed by atoms with Gasteiger partial charge < -0.3 is 4.90 Å². The number of nitrogens with one attached hydrogen (secondary N) is 1. The summed E-state index contributed by atoms with van der Waals surface area (Å²) in [6.07, 6.45) is 0.836. The molecule has 0 heterocycles. The van der Waals surface area contributed by atoms with E-state index < -0.39 is 10.0 Å². The van der Waals surface area contributed by atoms with Gasteiger partial charge in [-0.3, -0.25) is 9.63 Å². The molecule has 134 valence electrons. The third-order valence-electron chi connectivity index (χ3n) is 3.60. The number of rotatable bonds is 8. The molecule has 0 radical (unpaired) electrons. The van der Waals surface area contributed by atoms with E-state index in [0.29, 0.717) is 18.7 Å². The molecule has 0 aromatic heterocycles. The summed E-state index contributed by atoms with van der Waals surface area (Å²) < 4.78 is 23.7. The van der Waals surface area contributed by atoms with Crippen molar-refractivity contribution in [2.45, 2.75) is 24.8 Å². The highest BCUT2D eigenvalue weighted by molar-refractivity contribution is 7.89. The van der Waals surface area contributed by atoms with E-state index >= 15 is 0 Å². The fourth-order valence-corrected chi connectivity index (χ4v) is 3.25. The number of benzene rings is 2. The average molecular weight is 362 g/mol. The number of hydrogen-bond acceptors (Lipinski definition) is 4. The zero-order valence-corrected chi connectivity index (χ0v) is 15.1. The zero-order valence-electron chi connectivity index (χ0n) is 14.3. The summed E-state index contributed by atoms with van der Waals surface area (Å²) in [6, 6.07) is 15.6. The van der Waals surface area contributed by atoms with Crippen molar-refractivity contribution in [2.24, 2.45) is 0 Å². The summed E-state index contributed by atoms with van der Waals surface area (Å²) in [5, 5.41) is 0. The van der Waals surface area contributed by atoms with Gasteiger partial charge in [0.2, 0.25) is 0 Å². The lowest BCUT2D eigenvalue weighted by Crippen LogP contribution is -2.31. The van der Waals surface area contributed by atoms with Crippen LogP contribution in [0.25, 0.3) is 0 Å². The van der Waals surface area contributed by atoms with Crippen molar-refractivity contribution < 1.29 is 18.0 Å². The maximum Gasteiger partial charge on any atom is 0.262 e. The maximum atomic E-state index is 12.8. The van der Waals surface area contributed by atoms with Crippen LogP contribution in [0.5, 0.6) is 0 Å². The van der Waals surface area contributed by atoms with Gasteiger partial charge in [-0.1, -0.05) is 42.1 Å². The molecule has 0 aliphatic rings. The first-order chi connectivity index (χ1) is 12.0. The number of nitrogens with zero attached hydrogens (tertiary/aromatic N) is 1. The van der Waals surface area contributed by atoms with Crippen molar-refractivity contribution in [1.82, 2.24) is 9.79 Å². The summed E-state index contributed by atoms with van der Waals surface area (Å²) >= 11 is 0. The van der Waals surface area contributed by atoms with Crippen molar-refractivity contribution >= 4 is 15.9 Å². The van der Waals surface area contributed by atoms with Gasteiger partial charge in [-0.25, -0.2) is 8.42 Å². The normalized spacial score (nSPS) is 11.3. The highest BCUT2D eigenvalue weighted by atomic mass is 32.2. The molecule has 1 N–H and O–H groups in total. The van der Waals surface area contributed by atoms with Crippen molar-refractivity contribution in [3.05, 3.63) is 65.7 Å². The molecular weight excluding hydrogens is 340 g/mol. The summed E-state index contributed by atoms with van der Waals surface area (Å²) in [5.74, 6) is -0.130. The standard InChI is InChI=1S/C18H22N2O4S/c1-3-13-20(14-15-7-5-4-6-8-15)18(21)16-9-11-17(12-10-16)25(22,23)19-24-2/h4-12,19H,3,13-14H2,1-2H3. The molecule has 0 saturated heterocycles. The number of amides is 1. The first-order valence-electron chi connectivity index (χ1n) is 7.96. The molecule has 0 atom stereocenters. The lowest BCUT2D eigenvalue weighted by molar-refractivity contribution is 0.0743. The van der Waals surface area contributed by atoms with Crippen molar-refractivity contribution in [3.8, 4) is 0 Å². The van der Waals surface area contributed by atoms with E-state index in [9.17, 15) is 13.2 Å². The molecular formula is C18H22N2O4S. The van der Waals surface area contributed by atoms with Crippen LogP contribution in [0.3, 0.4) is 0 Å². The zero-order chi connectivity index (χ0) is 18.3. The highest BCUT2D eigenvalue weighted by Gasteiger charge is 2.18. The second-order valence-corrected chi connectivity index (χ2v) is 7.17. The van der Waals surface area contributed by atoms with Crippen LogP contribution in [0.1, 0.15) is 29.3 Å². The lowest BCUT2D eigenvalue weighted by Gasteiger charge is -2.22. The highest BCUT2D eigenvalue weighted by Crippen LogP contribution is 2.14. The molecule has 2 rings (SSSR count). The Bertz CT molecular complexity index is 790. The first-order valence-corrected chi connectivity index (χ1v) is 9.44. The van der Waals surface area contributed by atoms with Crippen LogP contribution in [0, 0.1) is 0 Å². The molecule has 0 unspecified atom stereocenters. The second kappa shape index (κ2) is 8.75. The van der Waals surface area contributed by atoms with Gasteiger partial charge in [0, 0.05) is 18.7 Å². The van der Waals surface area contributed by atoms with Crippen LogP contribution in [0.2, 0.25) is 0 Å². The minimum Gasteiger partial charge on any atom is -0.334 e. The van der Waals surface area contributed by atoms with Gasteiger partial charge in [-0.05, 0) is 36.2 Å². The van der Waals surface area contributed by atoms with Crippen molar-refractivity contribution in [3.63, 3.8) is 0 Å². The predicted octanol–water partition coefficient (Wildman–Crippen LogP) is 2.58.